The Labute approximate surface area is 111 Å². The van der Waals surface area contributed by atoms with Crippen LogP contribution in [0.2, 0.25) is 0 Å². The van der Waals surface area contributed by atoms with Crippen LogP contribution in [-0.4, -0.2) is 50.5 Å². The zero-order chi connectivity index (χ0) is 14.0. The molecule has 0 heterocycles. The van der Waals surface area contributed by atoms with Gasteiger partial charge in [-0.25, -0.2) is 4.99 Å². The zero-order valence-electron chi connectivity index (χ0n) is 12.4. The lowest BCUT2D eigenvalue weighted by Gasteiger charge is -2.16. The van der Waals surface area contributed by atoms with Gasteiger partial charge in [-0.2, -0.15) is 0 Å². The van der Waals surface area contributed by atoms with Crippen molar-refractivity contribution >= 4 is 11.9 Å². The summed E-state index contributed by atoms with van der Waals surface area (Å²) in [6.45, 7) is 8.28. The molecule has 5 heteroatoms. The number of rotatable bonds is 7. The van der Waals surface area contributed by atoms with Gasteiger partial charge in [0.15, 0.2) is 5.96 Å². The van der Waals surface area contributed by atoms with Crippen LogP contribution in [0.1, 0.15) is 33.6 Å². The summed E-state index contributed by atoms with van der Waals surface area (Å²) >= 11 is 0. The van der Waals surface area contributed by atoms with Crippen molar-refractivity contribution in [3.8, 4) is 0 Å². The first-order valence-electron chi connectivity index (χ1n) is 6.77. The standard InChI is InChI=1S/C13H28N4O/c1-6-11(7-2)9-15-13(14-8-3)16-10-12(18)17(4)5/h11H,6-10H2,1-5H3,(H2,14,15,16). The Hall–Kier alpha value is -1.26. The van der Waals surface area contributed by atoms with Gasteiger partial charge in [-0.3, -0.25) is 4.79 Å². The number of hydrogen-bond donors (Lipinski definition) is 2. The third-order valence-corrected chi connectivity index (χ3v) is 2.93. The second-order valence-corrected chi connectivity index (χ2v) is 4.55. The highest BCUT2D eigenvalue weighted by Crippen LogP contribution is 2.04. The van der Waals surface area contributed by atoms with Gasteiger partial charge in [0.05, 0.1) is 0 Å². The van der Waals surface area contributed by atoms with E-state index in [1.54, 1.807) is 19.0 Å². The molecule has 0 radical (unpaired) electrons. The summed E-state index contributed by atoms with van der Waals surface area (Å²) in [7, 11) is 3.48. The van der Waals surface area contributed by atoms with Crippen molar-refractivity contribution in [1.29, 1.82) is 0 Å². The first kappa shape index (κ1) is 16.7. The van der Waals surface area contributed by atoms with E-state index in [2.05, 4.69) is 29.5 Å². The maximum absolute atomic E-state index is 11.5. The molecule has 0 aromatic rings. The van der Waals surface area contributed by atoms with Gasteiger partial charge in [0.25, 0.3) is 0 Å². The topological polar surface area (TPSA) is 56.7 Å². The van der Waals surface area contributed by atoms with Crippen LogP contribution in [0.25, 0.3) is 0 Å². The van der Waals surface area contributed by atoms with E-state index in [9.17, 15) is 4.79 Å². The third kappa shape index (κ3) is 7.14. The summed E-state index contributed by atoms with van der Waals surface area (Å²) in [4.78, 5) is 17.3. The molecule has 0 unspecified atom stereocenters. The maximum atomic E-state index is 11.5. The van der Waals surface area contributed by atoms with Crippen LogP contribution in [0.5, 0.6) is 0 Å². The Bertz CT molecular complexity index is 260. The Balaban J connectivity index is 4.28. The molecule has 0 aliphatic heterocycles. The Morgan fingerprint density at radius 2 is 1.78 bits per heavy atom. The Morgan fingerprint density at radius 3 is 2.22 bits per heavy atom. The number of guanidine groups is 1. The first-order chi connectivity index (χ1) is 8.54. The molecule has 106 valence electrons. The molecule has 0 fully saturated rings. The number of aliphatic imine (C=N–C) groups is 1. The summed E-state index contributed by atoms with van der Waals surface area (Å²) in [5, 5.41) is 6.43. The van der Waals surface area contributed by atoms with E-state index in [1.165, 1.54) is 0 Å². The minimum atomic E-state index is 0.00901. The SMILES string of the molecule is CCNC(=NCC(=O)N(C)C)NCC(CC)CC. The molecule has 0 saturated carbocycles. The molecule has 0 atom stereocenters. The average molecular weight is 256 g/mol. The molecule has 0 aromatic heterocycles. The van der Waals surface area contributed by atoms with E-state index in [4.69, 9.17) is 0 Å². The molecule has 0 rings (SSSR count). The van der Waals surface area contributed by atoms with Crippen LogP contribution in [0.4, 0.5) is 0 Å². The molecule has 0 aliphatic rings. The van der Waals surface area contributed by atoms with E-state index in [0.717, 1.165) is 31.9 Å². The molecular formula is C13H28N4O. The number of carbonyl (C=O) groups is 1. The van der Waals surface area contributed by atoms with Crippen molar-refractivity contribution in [3.05, 3.63) is 0 Å². The summed E-state index contributed by atoms with van der Waals surface area (Å²) in [5.74, 6) is 1.38. The van der Waals surface area contributed by atoms with Crippen LogP contribution < -0.4 is 10.6 Å². The average Bonchev–Trinajstić information content (AvgIpc) is 2.36. The monoisotopic (exact) mass is 256 g/mol. The zero-order valence-corrected chi connectivity index (χ0v) is 12.4. The number of nitrogens with zero attached hydrogens (tertiary/aromatic N) is 2. The third-order valence-electron chi connectivity index (χ3n) is 2.93. The number of likely N-dealkylation sites (N-methyl/N-ethyl adjacent to an activating group) is 1. The molecule has 0 bridgehead atoms. The highest BCUT2D eigenvalue weighted by molar-refractivity contribution is 5.84. The van der Waals surface area contributed by atoms with Crippen LogP contribution in [0.15, 0.2) is 4.99 Å². The Kier molecular flexibility index (Phi) is 9.06. The predicted octanol–water partition coefficient (Wildman–Crippen LogP) is 1.07. The molecule has 0 saturated heterocycles. The Morgan fingerprint density at radius 1 is 1.17 bits per heavy atom. The lowest BCUT2D eigenvalue weighted by molar-refractivity contribution is -0.127. The predicted molar refractivity (Wildman–Crippen MR) is 76.7 cm³/mol. The van der Waals surface area contributed by atoms with Crippen molar-refractivity contribution < 1.29 is 4.79 Å². The summed E-state index contributed by atoms with van der Waals surface area (Å²) < 4.78 is 0. The van der Waals surface area contributed by atoms with Gasteiger partial charge in [-0.15, -0.1) is 0 Å². The summed E-state index contributed by atoms with van der Waals surface area (Å²) in [6.07, 6.45) is 2.30. The van der Waals surface area contributed by atoms with Crippen molar-refractivity contribution in [2.75, 3.05) is 33.7 Å². The molecule has 0 aliphatic carbocycles. The van der Waals surface area contributed by atoms with Crippen LogP contribution in [0, 0.1) is 5.92 Å². The van der Waals surface area contributed by atoms with Gasteiger partial charge < -0.3 is 15.5 Å². The number of hydrogen-bond acceptors (Lipinski definition) is 2. The second-order valence-electron chi connectivity index (χ2n) is 4.55. The lowest BCUT2D eigenvalue weighted by atomic mass is 10.0. The first-order valence-corrected chi connectivity index (χ1v) is 6.77. The largest absolute Gasteiger partial charge is 0.357 e. The van der Waals surface area contributed by atoms with Gasteiger partial charge in [-0.1, -0.05) is 26.7 Å². The second kappa shape index (κ2) is 9.74. The fourth-order valence-corrected chi connectivity index (χ4v) is 1.45. The van der Waals surface area contributed by atoms with Gasteiger partial charge in [0.2, 0.25) is 5.91 Å². The molecule has 0 aromatic carbocycles. The van der Waals surface area contributed by atoms with Crippen molar-refractivity contribution in [2.24, 2.45) is 10.9 Å². The van der Waals surface area contributed by atoms with Crippen LogP contribution in [-0.2, 0) is 4.79 Å². The molecule has 0 spiro atoms. The fraction of sp³-hybridized carbons (Fsp3) is 0.846. The molecular weight excluding hydrogens is 228 g/mol. The van der Waals surface area contributed by atoms with Crippen LogP contribution >= 0.6 is 0 Å². The van der Waals surface area contributed by atoms with Crippen LogP contribution in [0.3, 0.4) is 0 Å². The molecule has 1 amide bonds. The number of amides is 1. The van der Waals surface area contributed by atoms with Crippen molar-refractivity contribution in [2.45, 2.75) is 33.6 Å². The van der Waals surface area contributed by atoms with Gasteiger partial charge in [0, 0.05) is 27.2 Å². The molecule has 2 N–H and O–H groups in total. The summed E-state index contributed by atoms with van der Waals surface area (Å²) in [5.41, 5.74) is 0. The van der Waals surface area contributed by atoms with E-state index >= 15 is 0 Å². The minimum Gasteiger partial charge on any atom is -0.357 e. The minimum absolute atomic E-state index is 0.00901. The van der Waals surface area contributed by atoms with Gasteiger partial charge in [-0.05, 0) is 12.8 Å². The fourth-order valence-electron chi connectivity index (χ4n) is 1.45. The number of carbonyl (C=O) groups excluding carboxylic acids is 1. The van der Waals surface area contributed by atoms with Crippen molar-refractivity contribution in [3.63, 3.8) is 0 Å². The van der Waals surface area contributed by atoms with E-state index in [-0.39, 0.29) is 12.5 Å². The normalized spacial score (nSPS) is 11.6. The highest BCUT2D eigenvalue weighted by Gasteiger charge is 2.06. The lowest BCUT2D eigenvalue weighted by Crippen LogP contribution is -2.40. The summed E-state index contributed by atoms with van der Waals surface area (Å²) in [6, 6.07) is 0. The van der Waals surface area contributed by atoms with E-state index in [0.29, 0.717) is 5.92 Å². The van der Waals surface area contributed by atoms with E-state index in [1.807, 2.05) is 6.92 Å². The number of nitrogens with one attached hydrogen (secondary N) is 2. The highest BCUT2D eigenvalue weighted by atomic mass is 16.2. The molecule has 18 heavy (non-hydrogen) atoms. The molecule has 5 nitrogen and oxygen atoms in total. The maximum Gasteiger partial charge on any atom is 0.243 e. The van der Waals surface area contributed by atoms with Gasteiger partial charge in [0.1, 0.15) is 6.54 Å². The smallest absolute Gasteiger partial charge is 0.243 e. The van der Waals surface area contributed by atoms with Gasteiger partial charge >= 0.3 is 0 Å². The van der Waals surface area contributed by atoms with Crippen molar-refractivity contribution in [1.82, 2.24) is 15.5 Å². The quantitative estimate of drug-likeness (QED) is 0.529. The van der Waals surface area contributed by atoms with E-state index < -0.39 is 0 Å².